The lowest BCUT2D eigenvalue weighted by Crippen LogP contribution is -2.50. The summed E-state index contributed by atoms with van der Waals surface area (Å²) >= 11 is 0. The van der Waals surface area contributed by atoms with Gasteiger partial charge in [-0.05, 0) is 25.0 Å². The molecule has 4 heterocycles. The summed E-state index contributed by atoms with van der Waals surface area (Å²) in [5.74, 6) is 1.84. The molecule has 128 valence electrons. The summed E-state index contributed by atoms with van der Waals surface area (Å²) in [4.78, 5) is 18.8. The zero-order valence-corrected chi connectivity index (χ0v) is 13.6. The molecule has 25 heavy (non-hydrogen) atoms. The third kappa shape index (κ3) is 2.61. The van der Waals surface area contributed by atoms with Crippen LogP contribution >= 0.6 is 0 Å². The van der Waals surface area contributed by atoms with Crippen molar-refractivity contribution in [1.82, 2.24) is 29.4 Å². The third-order valence-electron chi connectivity index (χ3n) is 4.80. The smallest absolute Gasteiger partial charge is 0.293 e. The summed E-state index contributed by atoms with van der Waals surface area (Å²) in [5, 5.41) is 15.5. The van der Waals surface area contributed by atoms with Gasteiger partial charge in [-0.15, -0.1) is 15.3 Å². The fourth-order valence-electron chi connectivity index (χ4n) is 3.20. The summed E-state index contributed by atoms with van der Waals surface area (Å²) in [7, 11) is 0. The minimum atomic E-state index is -0.0131. The molecule has 3 aromatic rings. The third-order valence-corrected chi connectivity index (χ3v) is 4.80. The van der Waals surface area contributed by atoms with E-state index < -0.39 is 0 Å². The molecule has 0 bridgehead atoms. The van der Waals surface area contributed by atoms with Crippen LogP contribution in [0.15, 0.2) is 35.6 Å². The number of hydrogen-bond donors (Lipinski definition) is 1. The number of hydrogen-bond acceptors (Lipinski definition) is 7. The van der Waals surface area contributed by atoms with E-state index in [0.717, 1.165) is 43.9 Å². The van der Waals surface area contributed by atoms with Crippen molar-refractivity contribution < 1.29 is 0 Å². The lowest BCUT2D eigenvalue weighted by atomic mass is 10.0. The first-order valence-corrected chi connectivity index (χ1v) is 8.51. The van der Waals surface area contributed by atoms with E-state index >= 15 is 0 Å². The van der Waals surface area contributed by atoms with Gasteiger partial charge in [-0.1, -0.05) is 0 Å². The van der Waals surface area contributed by atoms with Crippen LogP contribution in [0.4, 0.5) is 11.6 Å². The van der Waals surface area contributed by atoms with Gasteiger partial charge in [0, 0.05) is 44.0 Å². The molecule has 1 aliphatic carbocycles. The predicted octanol–water partition coefficient (Wildman–Crippen LogP) is 0.564. The number of nitrogens with one attached hydrogen (secondary N) is 1. The Morgan fingerprint density at radius 3 is 2.96 bits per heavy atom. The molecule has 5 rings (SSSR count). The molecule has 2 fully saturated rings. The van der Waals surface area contributed by atoms with Crippen LogP contribution in [-0.4, -0.2) is 49.0 Å². The molecule has 1 saturated heterocycles. The minimum absolute atomic E-state index is 0.0131. The van der Waals surface area contributed by atoms with Gasteiger partial charge in [-0.2, -0.15) is 4.52 Å². The highest BCUT2D eigenvalue weighted by atomic mass is 16.1. The summed E-state index contributed by atoms with van der Waals surface area (Å²) in [5.41, 5.74) is 0.727. The quantitative estimate of drug-likeness (QED) is 0.727. The fraction of sp³-hybridized carbons (Fsp3) is 0.438. The van der Waals surface area contributed by atoms with Gasteiger partial charge >= 0.3 is 0 Å². The molecule has 1 N–H and O–H groups in total. The Kier molecular flexibility index (Phi) is 3.19. The maximum absolute atomic E-state index is 12.4. The Morgan fingerprint density at radius 2 is 2.12 bits per heavy atom. The van der Waals surface area contributed by atoms with Crippen molar-refractivity contribution >= 4 is 17.3 Å². The Morgan fingerprint density at radius 1 is 1.24 bits per heavy atom. The van der Waals surface area contributed by atoms with Crippen molar-refractivity contribution in [3.63, 3.8) is 0 Å². The molecule has 0 atom stereocenters. The summed E-state index contributed by atoms with van der Waals surface area (Å²) in [6.07, 6.45) is 7.26. The molecule has 1 aliphatic heterocycles. The molecular weight excluding hydrogens is 320 g/mol. The van der Waals surface area contributed by atoms with Crippen molar-refractivity contribution in [2.24, 2.45) is 5.92 Å². The van der Waals surface area contributed by atoms with Crippen molar-refractivity contribution in [3.8, 4) is 0 Å². The van der Waals surface area contributed by atoms with Gasteiger partial charge in [0.05, 0.1) is 0 Å². The van der Waals surface area contributed by atoms with Gasteiger partial charge in [-0.3, -0.25) is 4.79 Å². The Balaban J connectivity index is 1.20. The van der Waals surface area contributed by atoms with E-state index in [0.29, 0.717) is 17.8 Å². The Bertz CT molecular complexity index is 969. The first-order chi connectivity index (χ1) is 12.3. The number of anilines is 2. The van der Waals surface area contributed by atoms with Crippen LogP contribution in [0.1, 0.15) is 18.9 Å². The summed E-state index contributed by atoms with van der Waals surface area (Å²) < 4.78 is 3.47. The maximum atomic E-state index is 12.4. The molecule has 0 spiro atoms. The van der Waals surface area contributed by atoms with Gasteiger partial charge in [0.25, 0.3) is 5.56 Å². The van der Waals surface area contributed by atoms with Crippen molar-refractivity contribution in [3.05, 3.63) is 41.2 Å². The Hall–Kier alpha value is -2.97. The minimum Gasteiger partial charge on any atom is -0.365 e. The Labute approximate surface area is 143 Å². The zero-order valence-electron chi connectivity index (χ0n) is 13.6. The van der Waals surface area contributed by atoms with Crippen LogP contribution in [-0.2, 0) is 0 Å². The zero-order chi connectivity index (χ0) is 16.8. The summed E-state index contributed by atoms with van der Waals surface area (Å²) in [6, 6.07) is 4.24. The molecule has 1 saturated carbocycles. The van der Waals surface area contributed by atoms with Crippen LogP contribution in [0.25, 0.3) is 5.65 Å². The van der Waals surface area contributed by atoms with Crippen LogP contribution in [0.2, 0.25) is 0 Å². The van der Waals surface area contributed by atoms with E-state index in [1.165, 1.54) is 0 Å². The van der Waals surface area contributed by atoms with Gasteiger partial charge in [0.1, 0.15) is 12.1 Å². The molecule has 9 nitrogen and oxygen atoms in total. The highest BCUT2D eigenvalue weighted by Crippen LogP contribution is 2.33. The molecule has 0 amide bonds. The number of fused-ring (bicyclic) bond motifs is 1. The van der Waals surface area contributed by atoms with E-state index in [1.54, 1.807) is 27.8 Å². The van der Waals surface area contributed by atoms with E-state index in [2.05, 4.69) is 30.5 Å². The van der Waals surface area contributed by atoms with E-state index in [4.69, 9.17) is 0 Å². The van der Waals surface area contributed by atoms with Crippen LogP contribution in [0.3, 0.4) is 0 Å². The highest BCUT2D eigenvalue weighted by Gasteiger charge is 2.29. The van der Waals surface area contributed by atoms with Gasteiger partial charge in [0.15, 0.2) is 11.5 Å². The second-order valence-corrected chi connectivity index (χ2v) is 6.70. The lowest BCUT2D eigenvalue weighted by molar-refractivity contribution is 0.424. The molecule has 0 radical (unpaired) electrons. The molecule has 2 aliphatic rings. The van der Waals surface area contributed by atoms with Crippen molar-refractivity contribution in [2.45, 2.75) is 18.9 Å². The van der Waals surface area contributed by atoms with Crippen molar-refractivity contribution in [2.75, 3.05) is 29.9 Å². The summed E-state index contributed by atoms with van der Waals surface area (Å²) in [6.45, 7) is 2.54. The molecular formula is C16H18N8O. The number of nitrogens with zero attached hydrogens (tertiary/aromatic N) is 7. The second kappa shape index (κ2) is 5.54. The molecule has 0 aromatic carbocycles. The van der Waals surface area contributed by atoms with Gasteiger partial charge in [-0.25, -0.2) is 4.98 Å². The molecule has 3 aromatic heterocycles. The van der Waals surface area contributed by atoms with Crippen LogP contribution in [0.5, 0.6) is 0 Å². The molecule has 9 heteroatoms. The lowest BCUT2D eigenvalue weighted by Gasteiger charge is -2.40. The van der Waals surface area contributed by atoms with Crippen molar-refractivity contribution in [1.29, 1.82) is 0 Å². The fourth-order valence-corrected chi connectivity index (χ4v) is 3.20. The molecule has 0 unspecified atom stereocenters. The topological polar surface area (TPSA) is 93.2 Å². The average Bonchev–Trinajstić information content (AvgIpc) is 3.32. The van der Waals surface area contributed by atoms with Gasteiger partial charge in [0.2, 0.25) is 0 Å². The monoisotopic (exact) mass is 338 g/mol. The van der Waals surface area contributed by atoms with E-state index in [1.807, 2.05) is 12.1 Å². The normalized spacial score (nSPS) is 17.7. The number of rotatable bonds is 5. The largest absolute Gasteiger partial charge is 0.365 e. The average molecular weight is 338 g/mol. The van der Waals surface area contributed by atoms with Gasteiger partial charge < -0.3 is 14.8 Å². The van der Waals surface area contributed by atoms with E-state index in [9.17, 15) is 4.79 Å². The standard InChI is InChI=1S/C16H18N8O/c25-16-15(17-5-6-23(16)12-1-2-12)18-7-11-8-22(9-11)14-4-3-13-20-19-10-24(13)21-14/h3-6,10-12H,1-2,7-9H2,(H,17,18). The van der Waals surface area contributed by atoms with E-state index in [-0.39, 0.29) is 5.56 Å². The highest BCUT2D eigenvalue weighted by molar-refractivity contribution is 5.47. The first kappa shape index (κ1) is 14.4. The SMILES string of the molecule is O=c1c(NCC2CN(c3ccc4nncn4n3)C2)nccn1C1CC1. The maximum Gasteiger partial charge on any atom is 0.293 e. The first-order valence-electron chi connectivity index (χ1n) is 8.51. The van der Waals surface area contributed by atoms with Crippen LogP contribution < -0.4 is 15.8 Å². The second-order valence-electron chi connectivity index (χ2n) is 6.70. The van der Waals surface area contributed by atoms with Crippen LogP contribution in [0, 0.1) is 5.92 Å². The number of aromatic nitrogens is 6. The predicted molar refractivity (Wildman–Crippen MR) is 91.7 cm³/mol.